The fourth-order valence-corrected chi connectivity index (χ4v) is 5.45. The molecule has 0 radical (unpaired) electrons. The minimum absolute atomic E-state index is 0.0880. The molecule has 74 valence electrons. The SMILES string of the molecule is CC1(CBr)[C@@H]2CC[C@]1(C)C(=O)[C@H]2Br. The maximum absolute atomic E-state index is 12.0. The van der Waals surface area contributed by atoms with E-state index in [1.807, 2.05) is 0 Å². The summed E-state index contributed by atoms with van der Waals surface area (Å²) in [4.78, 5) is 12.1. The third-order valence-corrected chi connectivity index (χ3v) is 6.68. The van der Waals surface area contributed by atoms with E-state index in [2.05, 4.69) is 45.7 Å². The standard InChI is InChI=1S/C10H14Br2O/c1-9-4-3-6(7(12)8(9)13)10(9,2)5-11/h6-7H,3-5H2,1-2H3/t6-,7+,9-,10?/m1/s1. The molecule has 3 heteroatoms. The molecule has 0 aliphatic heterocycles. The van der Waals surface area contributed by atoms with Crippen LogP contribution < -0.4 is 0 Å². The Hall–Kier alpha value is 0.630. The van der Waals surface area contributed by atoms with Crippen LogP contribution in [0.2, 0.25) is 0 Å². The van der Waals surface area contributed by atoms with Gasteiger partial charge >= 0.3 is 0 Å². The Balaban J connectivity index is 2.49. The molecular weight excluding hydrogens is 296 g/mol. The van der Waals surface area contributed by atoms with Crippen LogP contribution in [0.25, 0.3) is 0 Å². The normalized spacial score (nSPS) is 54.6. The summed E-state index contributed by atoms with van der Waals surface area (Å²) in [7, 11) is 0. The molecule has 2 saturated carbocycles. The Kier molecular flexibility index (Phi) is 2.20. The zero-order valence-corrected chi connectivity index (χ0v) is 11.1. The van der Waals surface area contributed by atoms with Gasteiger partial charge in [0, 0.05) is 10.7 Å². The van der Waals surface area contributed by atoms with Crippen LogP contribution in [0, 0.1) is 16.7 Å². The van der Waals surface area contributed by atoms with Crippen molar-refractivity contribution in [1.82, 2.24) is 0 Å². The van der Waals surface area contributed by atoms with E-state index in [9.17, 15) is 4.79 Å². The fraction of sp³-hybridized carbons (Fsp3) is 0.900. The molecule has 4 atom stereocenters. The molecule has 0 amide bonds. The lowest BCUT2D eigenvalue weighted by molar-refractivity contribution is -0.127. The monoisotopic (exact) mass is 308 g/mol. The highest BCUT2D eigenvalue weighted by Gasteiger charge is 2.67. The molecule has 0 aromatic rings. The molecular formula is C10H14Br2O. The first-order valence-electron chi connectivity index (χ1n) is 4.72. The van der Waals surface area contributed by atoms with Crippen molar-refractivity contribution in [2.75, 3.05) is 5.33 Å². The van der Waals surface area contributed by atoms with Crippen molar-refractivity contribution in [2.45, 2.75) is 31.5 Å². The molecule has 0 aromatic carbocycles. The minimum Gasteiger partial charge on any atom is -0.298 e. The largest absolute Gasteiger partial charge is 0.298 e. The van der Waals surface area contributed by atoms with Crippen LogP contribution in [0.1, 0.15) is 26.7 Å². The maximum atomic E-state index is 12.0. The summed E-state index contributed by atoms with van der Waals surface area (Å²) in [6.45, 7) is 4.39. The summed E-state index contributed by atoms with van der Waals surface area (Å²) in [6.07, 6.45) is 2.26. The van der Waals surface area contributed by atoms with Crippen LogP contribution in [-0.4, -0.2) is 15.9 Å². The van der Waals surface area contributed by atoms with Crippen molar-refractivity contribution in [2.24, 2.45) is 16.7 Å². The van der Waals surface area contributed by atoms with Gasteiger partial charge in [0.25, 0.3) is 0 Å². The second-order valence-electron chi connectivity index (χ2n) is 4.79. The Morgan fingerprint density at radius 2 is 2.15 bits per heavy atom. The number of fused-ring (bicyclic) bond motifs is 2. The highest BCUT2D eigenvalue weighted by atomic mass is 79.9. The van der Waals surface area contributed by atoms with Gasteiger partial charge in [0.05, 0.1) is 4.83 Å². The second-order valence-corrected chi connectivity index (χ2v) is 6.34. The molecule has 2 rings (SSSR count). The summed E-state index contributed by atoms with van der Waals surface area (Å²) < 4.78 is 0. The number of rotatable bonds is 1. The molecule has 1 unspecified atom stereocenters. The van der Waals surface area contributed by atoms with Crippen LogP contribution in [0.3, 0.4) is 0 Å². The number of halogens is 2. The summed E-state index contributed by atoms with van der Waals surface area (Å²) in [6, 6.07) is 0. The molecule has 0 aromatic heterocycles. The third-order valence-electron chi connectivity index (χ3n) is 4.46. The van der Waals surface area contributed by atoms with Crippen molar-refractivity contribution >= 4 is 37.6 Å². The van der Waals surface area contributed by atoms with E-state index in [0.717, 1.165) is 11.8 Å². The van der Waals surface area contributed by atoms with Gasteiger partial charge in [-0.25, -0.2) is 0 Å². The summed E-state index contributed by atoms with van der Waals surface area (Å²) in [5, 5.41) is 0.939. The van der Waals surface area contributed by atoms with Crippen molar-refractivity contribution < 1.29 is 4.79 Å². The predicted octanol–water partition coefficient (Wildman–Crippen LogP) is 3.15. The van der Waals surface area contributed by atoms with Crippen molar-refractivity contribution in [3.05, 3.63) is 0 Å². The Labute approximate surface area is 95.9 Å². The Bertz CT molecular complexity index is 266. The number of carbonyl (C=O) groups excluding carboxylic acids is 1. The van der Waals surface area contributed by atoms with Gasteiger partial charge in [-0.2, -0.15) is 0 Å². The average molecular weight is 310 g/mol. The van der Waals surface area contributed by atoms with E-state index in [1.54, 1.807) is 0 Å². The van der Waals surface area contributed by atoms with Crippen molar-refractivity contribution in [1.29, 1.82) is 0 Å². The van der Waals surface area contributed by atoms with Gasteiger partial charge in [0.1, 0.15) is 0 Å². The Morgan fingerprint density at radius 1 is 1.54 bits per heavy atom. The molecule has 2 aliphatic carbocycles. The molecule has 13 heavy (non-hydrogen) atoms. The molecule has 0 N–H and O–H groups in total. The van der Waals surface area contributed by atoms with Gasteiger partial charge in [0.15, 0.2) is 5.78 Å². The first-order chi connectivity index (χ1) is 5.97. The number of carbonyl (C=O) groups is 1. The topological polar surface area (TPSA) is 17.1 Å². The lowest BCUT2D eigenvalue weighted by Crippen LogP contribution is -2.36. The van der Waals surface area contributed by atoms with Crippen LogP contribution >= 0.6 is 31.9 Å². The number of ketones is 1. The predicted molar refractivity (Wildman–Crippen MR) is 60.5 cm³/mol. The number of hydrogen-bond donors (Lipinski definition) is 0. The van der Waals surface area contributed by atoms with Gasteiger partial charge in [-0.1, -0.05) is 45.7 Å². The first-order valence-corrected chi connectivity index (χ1v) is 6.75. The lowest BCUT2D eigenvalue weighted by atomic mass is 9.70. The maximum Gasteiger partial charge on any atom is 0.153 e. The van der Waals surface area contributed by atoms with Gasteiger partial charge < -0.3 is 0 Å². The smallest absolute Gasteiger partial charge is 0.153 e. The quantitative estimate of drug-likeness (QED) is 0.680. The van der Waals surface area contributed by atoms with Crippen LogP contribution in [0.5, 0.6) is 0 Å². The molecule has 0 heterocycles. The molecule has 1 nitrogen and oxygen atoms in total. The van der Waals surface area contributed by atoms with Crippen molar-refractivity contribution in [3.63, 3.8) is 0 Å². The van der Waals surface area contributed by atoms with E-state index in [4.69, 9.17) is 0 Å². The molecule has 2 fully saturated rings. The molecule has 0 spiro atoms. The average Bonchev–Trinajstić information content (AvgIpc) is 2.44. The van der Waals surface area contributed by atoms with Gasteiger partial charge in [0.2, 0.25) is 0 Å². The van der Waals surface area contributed by atoms with Crippen LogP contribution in [-0.2, 0) is 4.79 Å². The number of Topliss-reactive ketones (excluding diaryl/α,β-unsaturated/α-hetero) is 1. The highest BCUT2D eigenvalue weighted by Crippen LogP contribution is 2.65. The zero-order valence-electron chi connectivity index (χ0n) is 7.94. The van der Waals surface area contributed by atoms with Crippen LogP contribution in [0.4, 0.5) is 0 Å². The van der Waals surface area contributed by atoms with E-state index < -0.39 is 0 Å². The van der Waals surface area contributed by atoms with Crippen LogP contribution in [0.15, 0.2) is 0 Å². The number of hydrogen-bond acceptors (Lipinski definition) is 1. The Morgan fingerprint density at radius 3 is 2.46 bits per heavy atom. The third kappa shape index (κ3) is 0.956. The van der Waals surface area contributed by atoms with Crippen molar-refractivity contribution in [3.8, 4) is 0 Å². The molecule has 0 saturated heterocycles. The highest BCUT2D eigenvalue weighted by molar-refractivity contribution is 9.10. The minimum atomic E-state index is -0.0880. The van der Waals surface area contributed by atoms with E-state index in [-0.39, 0.29) is 15.7 Å². The second kappa shape index (κ2) is 2.82. The van der Waals surface area contributed by atoms with Gasteiger partial charge in [-0.3, -0.25) is 4.79 Å². The fourth-order valence-electron chi connectivity index (χ4n) is 3.07. The molecule has 2 bridgehead atoms. The zero-order chi connectivity index (χ0) is 9.85. The van der Waals surface area contributed by atoms with E-state index in [0.29, 0.717) is 11.7 Å². The van der Waals surface area contributed by atoms with Gasteiger partial charge in [-0.15, -0.1) is 0 Å². The first kappa shape index (κ1) is 10.2. The summed E-state index contributed by atoms with van der Waals surface area (Å²) in [5.41, 5.74) is 0.0770. The van der Waals surface area contributed by atoms with Gasteiger partial charge in [-0.05, 0) is 24.2 Å². The summed E-state index contributed by atoms with van der Waals surface area (Å²) in [5.74, 6) is 0.954. The lowest BCUT2D eigenvalue weighted by Gasteiger charge is -2.34. The van der Waals surface area contributed by atoms with E-state index >= 15 is 0 Å². The van der Waals surface area contributed by atoms with E-state index in [1.165, 1.54) is 6.42 Å². The summed E-state index contributed by atoms with van der Waals surface area (Å²) >= 11 is 7.11. The molecule has 2 aliphatic rings. The number of alkyl halides is 2.